The maximum atomic E-state index is 13.8. The minimum absolute atomic E-state index is 0.0917. The van der Waals surface area contributed by atoms with Gasteiger partial charge >= 0.3 is 5.97 Å². The predicted molar refractivity (Wildman–Crippen MR) is 170 cm³/mol. The van der Waals surface area contributed by atoms with Crippen LogP contribution >= 0.6 is 0 Å². The molecule has 0 bridgehead atoms. The van der Waals surface area contributed by atoms with Crippen LogP contribution in [-0.2, 0) is 11.3 Å². The Labute approximate surface area is 253 Å². The van der Waals surface area contributed by atoms with Crippen LogP contribution in [0.3, 0.4) is 0 Å². The number of allylic oxidation sites excluding steroid dienone is 4. The maximum absolute atomic E-state index is 13.8. The van der Waals surface area contributed by atoms with Gasteiger partial charge in [-0.3, -0.25) is 9.59 Å². The lowest BCUT2D eigenvalue weighted by Crippen LogP contribution is -2.24. The van der Waals surface area contributed by atoms with E-state index in [0.29, 0.717) is 17.8 Å². The van der Waals surface area contributed by atoms with E-state index in [2.05, 4.69) is 37.2 Å². The average Bonchev–Trinajstić information content (AvgIpc) is 3.31. The number of aliphatic carboxylic acids is 1. The molecule has 230 valence electrons. The molecule has 0 aliphatic heterocycles. The number of rotatable bonds is 12. The van der Waals surface area contributed by atoms with Gasteiger partial charge in [0.2, 0.25) is 0 Å². The van der Waals surface area contributed by atoms with Crippen molar-refractivity contribution in [2.75, 3.05) is 0 Å². The maximum Gasteiger partial charge on any atom is 0.305 e. The number of aliphatic hydroxyl groups excluding tert-OH is 2. The largest absolute Gasteiger partial charge is 0.481 e. The number of aromatic nitrogens is 1. The van der Waals surface area contributed by atoms with Crippen LogP contribution in [0.4, 0.5) is 4.39 Å². The van der Waals surface area contributed by atoms with Crippen LogP contribution in [0.25, 0.3) is 22.4 Å². The van der Waals surface area contributed by atoms with Gasteiger partial charge in [-0.1, -0.05) is 62.9 Å². The van der Waals surface area contributed by atoms with E-state index >= 15 is 0 Å². The number of carboxylic acids is 1. The topological polar surface area (TPSA) is 112 Å². The van der Waals surface area contributed by atoms with Crippen molar-refractivity contribution < 1.29 is 29.3 Å². The Morgan fingerprint density at radius 3 is 2.14 bits per heavy atom. The Kier molecular flexibility index (Phi) is 13.8. The van der Waals surface area contributed by atoms with Crippen LogP contribution in [0, 0.1) is 5.82 Å². The lowest BCUT2D eigenvalue weighted by molar-refractivity contribution is -0.139. The van der Waals surface area contributed by atoms with Gasteiger partial charge in [-0.25, -0.2) is 4.39 Å². The molecule has 0 radical (unpaired) electrons. The zero-order chi connectivity index (χ0) is 32.1. The molecule has 0 fully saturated rings. The average molecular weight is 591 g/mol. The molecule has 43 heavy (non-hydrogen) atoms. The highest BCUT2D eigenvalue weighted by Crippen LogP contribution is 2.42. The van der Waals surface area contributed by atoms with Crippen molar-refractivity contribution in [2.24, 2.45) is 0 Å². The molecule has 0 aliphatic rings. The summed E-state index contributed by atoms with van der Waals surface area (Å²) in [6, 6.07) is 16.4. The Bertz CT molecular complexity index is 1420. The number of halogens is 1. The van der Waals surface area contributed by atoms with Crippen molar-refractivity contribution in [1.29, 1.82) is 0 Å². The fourth-order valence-electron chi connectivity index (χ4n) is 4.82. The molecule has 4 N–H and O–H groups in total. The summed E-state index contributed by atoms with van der Waals surface area (Å²) in [6.45, 7) is 14.2. The second-order valence-electron chi connectivity index (χ2n) is 10.4. The van der Waals surface area contributed by atoms with Gasteiger partial charge in [-0.2, -0.15) is 0 Å². The standard InChI is InChI=1S/C29H31FN2O.C6H12O4/c1-6-9-15-24(7-2)31-29(33)26-25(21-13-11-10-12-14-21)28(22-16-18-23(30)19-17-22)32(8-3)27(26)20(4)5;1-4(7)2-5(8)3-6(9)10/h6-7,9-20H,2,8H2,1,3-5H3,(H,31,33);4-5,7-8H,2-3H2,1H3,(H,9,10)/b9-6-,24-15+;. The summed E-state index contributed by atoms with van der Waals surface area (Å²) in [5.41, 5.74) is 5.77. The van der Waals surface area contributed by atoms with Crippen molar-refractivity contribution >= 4 is 11.9 Å². The summed E-state index contributed by atoms with van der Waals surface area (Å²) in [5, 5.41) is 28.7. The lowest BCUT2D eigenvalue weighted by atomic mass is 9.94. The van der Waals surface area contributed by atoms with Crippen molar-refractivity contribution in [3.8, 4) is 22.4 Å². The number of hydrogen-bond donors (Lipinski definition) is 4. The first-order valence-electron chi connectivity index (χ1n) is 14.4. The van der Waals surface area contributed by atoms with E-state index in [9.17, 15) is 14.0 Å². The third kappa shape index (κ3) is 9.91. The molecule has 2 aromatic carbocycles. The molecule has 1 aromatic heterocycles. The zero-order valence-electron chi connectivity index (χ0n) is 25.5. The number of amides is 1. The first-order chi connectivity index (χ1) is 20.4. The van der Waals surface area contributed by atoms with E-state index < -0.39 is 18.2 Å². The summed E-state index contributed by atoms with van der Waals surface area (Å²) >= 11 is 0. The number of carboxylic acid groups (broad SMARTS) is 1. The second kappa shape index (κ2) is 17.0. The van der Waals surface area contributed by atoms with Crippen LogP contribution in [0.1, 0.15) is 69.4 Å². The smallest absolute Gasteiger partial charge is 0.305 e. The molecule has 2 atom stereocenters. The van der Waals surface area contributed by atoms with E-state index in [0.717, 1.165) is 28.1 Å². The summed E-state index contributed by atoms with van der Waals surface area (Å²) < 4.78 is 15.9. The number of nitrogens with one attached hydrogen (secondary N) is 1. The molecular formula is C35H43FN2O5. The third-order valence-electron chi connectivity index (χ3n) is 6.54. The Morgan fingerprint density at radius 2 is 1.65 bits per heavy atom. The van der Waals surface area contributed by atoms with E-state index in [-0.39, 0.29) is 30.5 Å². The Hall–Kier alpha value is -4.27. The van der Waals surface area contributed by atoms with Crippen LogP contribution in [0.2, 0.25) is 0 Å². The van der Waals surface area contributed by atoms with E-state index in [1.165, 1.54) is 19.1 Å². The zero-order valence-corrected chi connectivity index (χ0v) is 25.5. The first-order valence-corrected chi connectivity index (χ1v) is 14.4. The molecule has 8 heteroatoms. The number of nitrogens with zero attached hydrogens (tertiary/aromatic N) is 1. The van der Waals surface area contributed by atoms with Crippen molar-refractivity contribution in [1.82, 2.24) is 9.88 Å². The number of aliphatic hydroxyl groups is 2. The van der Waals surface area contributed by atoms with Crippen LogP contribution < -0.4 is 5.32 Å². The van der Waals surface area contributed by atoms with Gasteiger partial charge in [-0.15, -0.1) is 0 Å². The van der Waals surface area contributed by atoms with Crippen LogP contribution in [-0.4, -0.2) is 44.0 Å². The number of carbonyl (C=O) groups is 2. The third-order valence-corrected chi connectivity index (χ3v) is 6.54. The van der Waals surface area contributed by atoms with Crippen LogP contribution in [0.5, 0.6) is 0 Å². The minimum atomic E-state index is -1.05. The quantitative estimate of drug-likeness (QED) is 0.169. The molecule has 2 unspecified atom stereocenters. The van der Waals surface area contributed by atoms with Gasteiger partial charge < -0.3 is 25.2 Å². The van der Waals surface area contributed by atoms with Crippen molar-refractivity contribution in [2.45, 2.75) is 72.1 Å². The van der Waals surface area contributed by atoms with Gasteiger partial charge in [0.1, 0.15) is 5.82 Å². The van der Waals surface area contributed by atoms with E-state index in [4.69, 9.17) is 15.3 Å². The minimum Gasteiger partial charge on any atom is -0.481 e. The highest BCUT2D eigenvalue weighted by Gasteiger charge is 2.30. The van der Waals surface area contributed by atoms with Gasteiger partial charge in [0.05, 0.1) is 29.9 Å². The SMILES string of the molecule is C=C/C(=C\C=C/C)NC(=O)c1c(-c2ccccc2)c(-c2ccc(F)cc2)n(CC)c1C(C)C.CC(O)CC(O)CC(=O)O. The molecule has 1 amide bonds. The highest BCUT2D eigenvalue weighted by molar-refractivity contribution is 6.07. The fraction of sp³-hybridized carbons (Fsp3) is 0.314. The first kappa shape index (κ1) is 34.9. The number of hydrogen-bond acceptors (Lipinski definition) is 4. The van der Waals surface area contributed by atoms with Gasteiger partial charge in [0.15, 0.2) is 0 Å². The summed E-state index contributed by atoms with van der Waals surface area (Å²) in [4.78, 5) is 23.7. The summed E-state index contributed by atoms with van der Waals surface area (Å²) in [5.74, 6) is -1.44. The van der Waals surface area contributed by atoms with Crippen molar-refractivity contribution in [3.05, 3.63) is 108 Å². The van der Waals surface area contributed by atoms with Crippen LogP contribution in [0.15, 0.2) is 91.2 Å². The van der Waals surface area contributed by atoms with Crippen molar-refractivity contribution in [3.63, 3.8) is 0 Å². The molecule has 1 heterocycles. The van der Waals surface area contributed by atoms with E-state index in [1.54, 1.807) is 18.2 Å². The van der Waals surface area contributed by atoms with Gasteiger partial charge in [-0.05, 0) is 80.7 Å². The Balaban J connectivity index is 0.000000553. The fourth-order valence-corrected chi connectivity index (χ4v) is 4.82. The molecule has 3 rings (SSSR count). The summed E-state index contributed by atoms with van der Waals surface area (Å²) in [6.07, 6.45) is 5.45. The second-order valence-corrected chi connectivity index (χ2v) is 10.4. The lowest BCUT2D eigenvalue weighted by Gasteiger charge is -2.15. The van der Waals surface area contributed by atoms with Gasteiger partial charge in [0.25, 0.3) is 5.91 Å². The molecule has 7 nitrogen and oxygen atoms in total. The number of benzene rings is 2. The Morgan fingerprint density at radius 1 is 1.02 bits per heavy atom. The highest BCUT2D eigenvalue weighted by atomic mass is 19.1. The molecule has 0 saturated carbocycles. The molecule has 3 aromatic rings. The normalized spacial score (nSPS) is 12.9. The summed E-state index contributed by atoms with van der Waals surface area (Å²) in [7, 11) is 0. The van der Waals surface area contributed by atoms with Gasteiger partial charge in [0, 0.05) is 23.5 Å². The molecular weight excluding hydrogens is 547 g/mol. The molecule has 0 aliphatic carbocycles. The molecule has 0 saturated heterocycles. The number of carbonyl (C=O) groups excluding carboxylic acids is 1. The monoisotopic (exact) mass is 590 g/mol. The predicted octanol–water partition coefficient (Wildman–Crippen LogP) is 7.07. The molecule has 0 spiro atoms. The van der Waals surface area contributed by atoms with E-state index in [1.807, 2.05) is 55.5 Å².